The van der Waals surface area contributed by atoms with E-state index in [0.29, 0.717) is 10.8 Å². The Morgan fingerprint density at radius 1 is 0.971 bits per heavy atom. The fraction of sp³-hybridized carbons (Fsp3) is 0.143. The summed E-state index contributed by atoms with van der Waals surface area (Å²) in [5.74, 6) is 0.840. The Morgan fingerprint density at radius 2 is 1.69 bits per heavy atom. The van der Waals surface area contributed by atoms with Gasteiger partial charge in [0.15, 0.2) is 0 Å². The Kier molecular flexibility index (Phi) is 6.77. The van der Waals surface area contributed by atoms with Crippen molar-refractivity contribution < 1.29 is 9.90 Å². The summed E-state index contributed by atoms with van der Waals surface area (Å²) in [6, 6.07) is 26.0. The minimum absolute atomic E-state index is 0.0468. The second kappa shape index (κ2) is 10.1. The molecular formula is C28H24ClN3O2S. The first kappa shape index (κ1) is 23.4. The number of aromatic hydroxyl groups is 1. The van der Waals surface area contributed by atoms with E-state index in [4.69, 9.17) is 17.3 Å². The van der Waals surface area contributed by atoms with Crippen LogP contribution in [0.4, 0.5) is 5.69 Å². The maximum absolute atomic E-state index is 13.3. The highest BCUT2D eigenvalue weighted by molar-refractivity contribution is 8.00. The molecule has 5 rings (SSSR count). The molecule has 7 heteroatoms. The van der Waals surface area contributed by atoms with E-state index in [1.165, 1.54) is 0 Å². The summed E-state index contributed by atoms with van der Waals surface area (Å²) in [6.45, 7) is 0. The fourth-order valence-corrected chi connectivity index (χ4v) is 5.72. The van der Waals surface area contributed by atoms with Gasteiger partial charge in [0, 0.05) is 34.9 Å². The first-order chi connectivity index (χ1) is 17.0. The summed E-state index contributed by atoms with van der Waals surface area (Å²) >= 11 is 7.56. The highest BCUT2D eigenvalue weighted by Gasteiger charge is 2.49. The maximum atomic E-state index is 13.3. The maximum Gasteiger partial charge on any atom is 0.243 e. The molecule has 176 valence electrons. The quantitative estimate of drug-likeness (QED) is 0.304. The fourth-order valence-electron chi connectivity index (χ4n) is 4.27. The van der Waals surface area contributed by atoms with E-state index in [1.807, 2.05) is 83.9 Å². The molecule has 0 radical (unpaired) electrons. The molecule has 0 aliphatic carbocycles. The summed E-state index contributed by atoms with van der Waals surface area (Å²) in [4.78, 5) is 19.4. The minimum atomic E-state index is -0.268. The zero-order valence-corrected chi connectivity index (χ0v) is 20.4. The van der Waals surface area contributed by atoms with Crippen LogP contribution >= 0.6 is 23.4 Å². The number of nitrogens with two attached hydrogens (primary N) is 1. The van der Waals surface area contributed by atoms with Crippen LogP contribution in [0.1, 0.15) is 23.2 Å². The molecule has 5 nitrogen and oxygen atoms in total. The molecule has 3 N–H and O–H groups in total. The number of nitrogens with zero attached hydrogens (tertiary/aromatic N) is 2. The van der Waals surface area contributed by atoms with E-state index < -0.39 is 0 Å². The van der Waals surface area contributed by atoms with Crippen molar-refractivity contribution in [2.75, 3.05) is 10.7 Å². The van der Waals surface area contributed by atoms with E-state index in [9.17, 15) is 9.90 Å². The molecule has 1 fully saturated rings. The molecule has 0 saturated carbocycles. The lowest BCUT2D eigenvalue weighted by molar-refractivity contribution is -0.123. The van der Waals surface area contributed by atoms with E-state index in [1.54, 1.807) is 30.1 Å². The first-order valence-corrected chi connectivity index (χ1v) is 12.7. The van der Waals surface area contributed by atoms with Crippen LogP contribution in [-0.4, -0.2) is 27.0 Å². The van der Waals surface area contributed by atoms with Gasteiger partial charge in [0.25, 0.3) is 0 Å². The van der Waals surface area contributed by atoms with Crippen molar-refractivity contribution in [3.63, 3.8) is 0 Å². The number of pyridine rings is 1. The van der Waals surface area contributed by atoms with Crippen LogP contribution < -0.4 is 10.6 Å². The molecule has 0 spiro atoms. The van der Waals surface area contributed by atoms with Gasteiger partial charge < -0.3 is 15.7 Å². The lowest BCUT2D eigenvalue weighted by atomic mass is 9.92. The van der Waals surface area contributed by atoms with Crippen LogP contribution in [0.2, 0.25) is 5.02 Å². The molecule has 0 bridgehead atoms. The number of carbonyl (C=O) groups is 1. The summed E-state index contributed by atoms with van der Waals surface area (Å²) in [5.41, 5.74) is 11.3. The standard InChI is InChI=1S/C28H24ClN3O2S/c29-22-9-3-19(4-10-22)25(30)17-35-27-26(20-7-13-24(33)14-8-20)32(28(27)34)23-11-5-18(6-12-23)21-2-1-15-31-16-21/h1-16,25-27,33H,17,30H2/t25-,26+,27+/m0/s1. The molecule has 2 heterocycles. The number of β-lactam (4-membered cyclic amide) rings is 1. The number of anilines is 1. The third-order valence-corrected chi connectivity index (χ3v) is 7.80. The van der Waals surface area contributed by atoms with E-state index >= 15 is 0 Å². The average molecular weight is 502 g/mol. The predicted octanol–water partition coefficient (Wildman–Crippen LogP) is 6.00. The number of phenolic OH excluding ortho intramolecular Hbond substituents is 1. The summed E-state index contributed by atoms with van der Waals surface area (Å²) in [5, 5.41) is 10.2. The number of hydrogen-bond donors (Lipinski definition) is 2. The third kappa shape index (κ3) is 4.91. The molecule has 1 amide bonds. The monoisotopic (exact) mass is 501 g/mol. The van der Waals surface area contributed by atoms with Crippen LogP contribution in [0.15, 0.2) is 97.3 Å². The van der Waals surface area contributed by atoms with E-state index in [-0.39, 0.29) is 29.0 Å². The molecular weight excluding hydrogens is 478 g/mol. The highest BCUT2D eigenvalue weighted by Crippen LogP contribution is 2.46. The van der Waals surface area contributed by atoms with E-state index in [2.05, 4.69) is 4.98 Å². The van der Waals surface area contributed by atoms with Gasteiger partial charge in [-0.15, -0.1) is 11.8 Å². The Morgan fingerprint density at radius 3 is 2.34 bits per heavy atom. The minimum Gasteiger partial charge on any atom is -0.508 e. The number of carbonyl (C=O) groups excluding carboxylic acids is 1. The van der Waals surface area contributed by atoms with Gasteiger partial charge in [-0.25, -0.2) is 0 Å². The van der Waals surface area contributed by atoms with Gasteiger partial charge in [-0.1, -0.05) is 54.1 Å². The number of benzene rings is 3. The molecule has 35 heavy (non-hydrogen) atoms. The van der Waals surface area contributed by atoms with Crippen molar-refractivity contribution in [3.05, 3.63) is 113 Å². The van der Waals surface area contributed by atoms with Crippen molar-refractivity contribution >= 4 is 35.0 Å². The highest BCUT2D eigenvalue weighted by atomic mass is 35.5. The van der Waals surface area contributed by atoms with Gasteiger partial charge in [0.05, 0.1) is 6.04 Å². The number of hydrogen-bond acceptors (Lipinski definition) is 5. The second-order valence-corrected chi connectivity index (χ2v) is 10.1. The molecule has 1 aromatic heterocycles. The zero-order chi connectivity index (χ0) is 24.4. The van der Waals surface area contributed by atoms with Gasteiger partial charge in [0.1, 0.15) is 11.0 Å². The van der Waals surface area contributed by atoms with Crippen LogP contribution in [0.25, 0.3) is 11.1 Å². The van der Waals surface area contributed by atoms with Crippen molar-refractivity contribution in [1.82, 2.24) is 4.98 Å². The smallest absolute Gasteiger partial charge is 0.243 e. The Hall–Kier alpha value is -3.32. The van der Waals surface area contributed by atoms with Crippen molar-refractivity contribution in [2.45, 2.75) is 17.3 Å². The lowest BCUT2D eigenvalue weighted by Gasteiger charge is -2.47. The molecule has 3 atom stereocenters. The van der Waals surface area contributed by atoms with Crippen molar-refractivity contribution in [2.24, 2.45) is 5.73 Å². The van der Waals surface area contributed by atoms with Gasteiger partial charge in [-0.05, 0) is 64.7 Å². The van der Waals surface area contributed by atoms with Gasteiger partial charge >= 0.3 is 0 Å². The van der Waals surface area contributed by atoms with Gasteiger partial charge in [-0.2, -0.15) is 0 Å². The molecule has 1 aliphatic heterocycles. The van der Waals surface area contributed by atoms with Gasteiger partial charge in [-0.3, -0.25) is 9.78 Å². The molecule has 0 unspecified atom stereocenters. The molecule has 1 aliphatic rings. The Labute approximate surface area is 213 Å². The number of aromatic nitrogens is 1. The zero-order valence-electron chi connectivity index (χ0n) is 18.8. The Balaban J connectivity index is 1.37. The van der Waals surface area contributed by atoms with Crippen molar-refractivity contribution in [3.8, 4) is 16.9 Å². The number of halogens is 1. The number of thioether (sulfide) groups is 1. The predicted molar refractivity (Wildman–Crippen MR) is 143 cm³/mol. The van der Waals surface area contributed by atoms with E-state index in [0.717, 1.165) is 27.9 Å². The number of rotatable bonds is 7. The summed E-state index contributed by atoms with van der Waals surface area (Å²) in [7, 11) is 0. The van der Waals surface area contributed by atoms with Crippen LogP contribution in [0, 0.1) is 0 Å². The normalized spacial score (nSPS) is 18.2. The van der Waals surface area contributed by atoms with Gasteiger partial charge in [0.2, 0.25) is 5.91 Å². The molecule has 1 saturated heterocycles. The molecule has 3 aromatic carbocycles. The lowest BCUT2D eigenvalue weighted by Crippen LogP contribution is -2.57. The van der Waals surface area contributed by atoms with Crippen LogP contribution in [0.5, 0.6) is 5.75 Å². The number of phenols is 1. The average Bonchev–Trinajstić information content (AvgIpc) is 2.89. The second-order valence-electron chi connectivity index (χ2n) is 8.45. The molecule has 4 aromatic rings. The van der Waals surface area contributed by atoms with Crippen molar-refractivity contribution in [1.29, 1.82) is 0 Å². The Bertz CT molecular complexity index is 1300. The first-order valence-electron chi connectivity index (χ1n) is 11.3. The van der Waals surface area contributed by atoms with Crippen LogP contribution in [0.3, 0.4) is 0 Å². The van der Waals surface area contributed by atoms with Crippen LogP contribution in [-0.2, 0) is 4.79 Å². The largest absolute Gasteiger partial charge is 0.508 e. The number of amides is 1. The summed E-state index contributed by atoms with van der Waals surface area (Å²) < 4.78 is 0. The summed E-state index contributed by atoms with van der Waals surface area (Å²) in [6.07, 6.45) is 3.56. The SMILES string of the molecule is N[C@@H](CS[C@H]1C(=O)N(c2ccc(-c3cccnc3)cc2)[C@@H]1c1ccc(O)cc1)c1ccc(Cl)cc1. The third-order valence-electron chi connectivity index (χ3n) is 6.17. The topological polar surface area (TPSA) is 79.5 Å².